The van der Waals surface area contributed by atoms with Crippen molar-refractivity contribution in [2.45, 2.75) is 39.2 Å². The fourth-order valence-electron chi connectivity index (χ4n) is 2.62. The maximum atomic E-state index is 12.4. The summed E-state index contributed by atoms with van der Waals surface area (Å²) in [6.07, 6.45) is 5.47. The van der Waals surface area contributed by atoms with Gasteiger partial charge in [0.05, 0.1) is 17.9 Å². The molecule has 2 rings (SSSR count). The van der Waals surface area contributed by atoms with Crippen LogP contribution in [-0.2, 0) is 4.74 Å². The Morgan fingerprint density at radius 3 is 2.71 bits per heavy atom. The van der Waals surface area contributed by atoms with Crippen LogP contribution >= 0.6 is 0 Å². The van der Waals surface area contributed by atoms with Gasteiger partial charge in [0.15, 0.2) is 0 Å². The van der Waals surface area contributed by atoms with Crippen LogP contribution in [0.25, 0.3) is 0 Å². The third-order valence-electron chi connectivity index (χ3n) is 3.94. The van der Waals surface area contributed by atoms with E-state index in [4.69, 9.17) is 4.74 Å². The number of amides is 2. The van der Waals surface area contributed by atoms with Crippen LogP contribution in [0.1, 0.15) is 43.5 Å². The fourth-order valence-corrected chi connectivity index (χ4v) is 2.62. The van der Waals surface area contributed by atoms with Gasteiger partial charge in [0.1, 0.15) is 0 Å². The Balaban J connectivity index is 1.84. The lowest BCUT2D eigenvalue weighted by atomic mass is 10.0. The maximum Gasteiger partial charge on any atom is 0.409 e. The van der Waals surface area contributed by atoms with Crippen LogP contribution < -0.4 is 10.6 Å². The largest absolute Gasteiger partial charge is 0.450 e. The Bertz CT molecular complexity index is 557. The van der Waals surface area contributed by atoms with Gasteiger partial charge in [-0.15, -0.1) is 0 Å². The molecule has 132 valence electrons. The Hall–Kier alpha value is -2.31. The number of rotatable bonds is 6. The molecule has 0 atom stereocenters. The second kappa shape index (κ2) is 9.10. The molecule has 1 saturated heterocycles. The van der Waals surface area contributed by atoms with Crippen LogP contribution in [0.5, 0.6) is 0 Å². The monoisotopic (exact) mass is 334 g/mol. The minimum atomic E-state index is -0.277. The highest BCUT2D eigenvalue weighted by Gasteiger charge is 2.24. The summed E-state index contributed by atoms with van der Waals surface area (Å²) in [6, 6.07) is 1.88. The molecule has 1 aromatic rings. The van der Waals surface area contributed by atoms with Crippen molar-refractivity contribution in [2.75, 3.05) is 31.6 Å². The smallest absolute Gasteiger partial charge is 0.409 e. The quantitative estimate of drug-likeness (QED) is 0.834. The van der Waals surface area contributed by atoms with Gasteiger partial charge in [0.25, 0.3) is 5.91 Å². The minimum absolute atomic E-state index is 0.0652. The molecule has 0 saturated carbocycles. The first-order valence-electron chi connectivity index (χ1n) is 8.55. The normalized spacial score (nSPS) is 15.0. The zero-order valence-corrected chi connectivity index (χ0v) is 14.4. The summed E-state index contributed by atoms with van der Waals surface area (Å²) in [4.78, 5) is 29.8. The topological polar surface area (TPSA) is 83.6 Å². The number of carbonyl (C=O) groups excluding carboxylic acids is 2. The summed E-state index contributed by atoms with van der Waals surface area (Å²) in [5.74, 6) is -0.128. The third kappa shape index (κ3) is 5.11. The van der Waals surface area contributed by atoms with Crippen molar-refractivity contribution in [1.82, 2.24) is 15.2 Å². The van der Waals surface area contributed by atoms with Crippen molar-refractivity contribution in [3.8, 4) is 0 Å². The molecule has 1 fully saturated rings. The van der Waals surface area contributed by atoms with Crippen LogP contribution in [0.15, 0.2) is 18.5 Å². The summed E-state index contributed by atoms with van der Waals surface area (Å²) >= 11 is 0. The molecular weight excluding hydrogens is 308 g/mol. The lowest BCUT2D eigenvalue weighted by molar-refractivity contribution is 0.0860. The van der Waals surface area contributed by atoms with E-state index in [9.17, 15) is 9.59 Å². The Morgan fingerprint density at radius 2 is 2.04 bits per heavy atom. The summed E-state index contributed by atoms with van der Waals surface area (Å²) in [7, 11) is 0. The molecule has 0 unspecified atom stereocenters. The maximum absolute atomic E-state index is 12.4. The number of piperidine rings is 1. The number of ether oxygens (including phenoxy) is 1. The van der Waals surface area contributed by atoms with Crippen molar-refractivity contribution in [2.24, 2.45) is 0 Å². The first kappa shape index (κ1) is 18.0. The van der Waals surface area contributed by atoms with Gasteiger partial charge in [-0.3, -0.25) is 9.78 Å². The van der Waals surface area contributed by atoms with E-state index in [0.29, 0.717) is 25.3 Å². The number of hydrogen-bond acceptors (Lipinski definition) is 5. The third-order valence-corrected chi connectivity index (χ3v) is 3.94. The van der Waals surface area contributed by atoms with Crippen LogP contribution in [0.4, 0.5) is 10.5 Å². The van der Waals surface area contributed by atoms with Crippen molar-refractivity contribution in [1.29, 1.82) is 0 Å². The molecule has 0 spiro atoms. The SMILES string of the molecule is CCCNc1cncc(C(=O)NC2CCN(C(=O)OCC)CC2)c1. The molecule has 7 heteroatoms. The van der Waals surface area contributed by atoms with E-state index in [1.165, 1.54) is 0 Å². The van der Waals surface area contributed by atoms with Gasteiger partial charge in [-0.1, -0.05) is 6.92 Å². The minimum Gasteiger partial charge on any atom is -0.450 e. The van der Waals surface area contributed by atoms with E-state index in [2.05, 4.69) is 22.5 Å². The predicted octanol–water partition coefficient (Wildman–Crippen LogP) is 2.25. The van der Waals surface area contributed by atoms with Gasteiger partial charge in [-0.25, -0.2) is 4.79 Å². The zero-order chi connectivity index (χ0) is 17.4. The van der Waals surface area contributed by atoms with E-state index < -0.39 is 0 Å². The number of nitrogens with zero attached hydrogens (tertiary/aromatic N) is 2. The molecule has 2 heterocycles. The average Bonchev–Trinajstić information content (AvgIpc) is 2.61. The van der Waals surface area contributed by atoms with Gasteiger partial charge in [0, 0.05) is 38.1 Å². The van der Waals surface area contributed by atoms with Crippen LogP contribution in [0, 0.1) is 0 Å². The molecule has 24 heavy (non-hydrogen) atoms. The number of aromatic nitrogens is 1. The number of hydrogen-bond donors (Lipinski definition) is 2. The molecular formula is C17H26N4O3. The van der Waals surface area contributed by atoms with E-state index in [1.807, 2.05) is 6.07 Å². The van der Waals surface area contributed by atoms with Gasteiger partial charge in [-0.05, 0) is 32.3 Å². The molecule has 1 aliphatic rings. The van der Waals surface area contributed by atoms with E-state index in [0.717, 1.165) is 31.5 Å². The first-order valence-corrected chi connectivity index (χ1v) is 8.55. The summed E-state index contributed by atoms with van der Waals surface area (Å²) < 4.78 is 5.00. The Kier molecular flexibility index (Phi) is 6.84. The molecule has 0 aromatic carbocycles. The summed E-state index contributed by atoms with van der Waals surface area (Å²) in [6.45, 7) is 6.30. The highest BCUT2D eigenvalue weighted by molar-refractivity contribution is 5.94. The van der Waals surface area contributed by atoms with Crippen molar-refractivity contribution >= 4 is 17.7 Å². The van der Waals surface area contributed by atoms with Crippen LogP contribution in [0.3, 0.4) is 0 Å². The average molecular weight is 334 g/mol. The predicted molar refractivity (Wildman–Crippen MR) is 92.1 cm³/mol. The van der Waals surface area contributed by atoms with Gasteiger partial charge in [0.2, 0.25) is 0 Å². The second-order valence-electron chi connectivity index (χ2n) is 5.82. The lowest BCUT2D eigenvalue weighted by Gasteiger charge is -2.31. The highest BCUT2D eigenvalue weighted by Crippen LogP contribution is 2.13. The van der Waals surface area contributed by atoms with Crippen molar-refractivity contribution in [3.63, 3.8) is 0 Å². The van der Waals surface area contributed by atoms with Crippen LogP contribution in [-0.4, -0.2) is 54.2 Å². The first-order chi connectivity index (χ1) is 11.6. The number of carbonyl (C=O) groups is 2. The standard InChI is InChI=1S/C17H26N4O3/c1-3-7-19-15-10-13(11-18-12-15)16(22)20-14-5-8-21(9-6-14)17(23)24-4-2/h10-12,14,19H,3-9H2,1-2H3,(H,20,22). The molecule has 1 aromatic heterocycles. The fraction of sp³-hybridized carbons (Fsp3) is 0.588. The van der Waals surface area contributed by atoms with E-state index in [-0.39, 0.29) is 18.0 Å². The molecule has 0 radical (unpaired) electrons. The second-order valence-corrected chi connectivity index (χ2v) is 5.82. The molecule has 1 aliphatic heterocycles. The van der Waals surface area contributed by atoms with Crippen molar-refractivity contribution < 1.29 is 14.3 Å². The van der Waals surface area contributed by atoms with Gasteiger partial charge in [-0.2, -0.15) is 0 Å². The number of nitrogens with one attached hydrogen (secondary N) is 2. The van der Waals surface area contributed by atoms with Crippen LogP contribution in [0.2, 0.25) is 0 Å². The molecule has 7 nitrogen and oxygen atoms in total. The molecule has 0 aliphatic carbocycles. The number of pyridine rings is 1. The Morgan fingerprint density at radius 1 is 1.29 bits per heavy atom. The zero-order valence-electron chi connectivity index (χ0n) is 14.4. The molecule has 2 N–H and O–H groups in total. The molecule has 0 bridgehead atoms. The van der Waals surface area contributed by atoms with E-state index >= 15 is 0 Å². The summed E-state index contributed by atoms with van der Waals surface area (Å²) in [5, 5.41) is 6.25. The number of anilines is 1. The van der Waals surface area contributed by atoms with Crippen molar-refractivity contribution in [3.05, 3.63) is 24.0 Å². The van der Waals surface area contributed by atoms with Gasteiger partial charge >= 0.3 is 6.09 Å². The summed E-state index contributed by atoms with van der Waals surface area (Å²) in [5.41, 5.74) is 1.39. The van der Waals surface area contributed by atoms with Gasteiger partial charge < -0.3 is 20.3 Å². The lowest BCUT2D eigenvalue weighted by Crippen LogP contribution is -2.46. The molecule has 2 amide bonds. The van der Waals surface area contributed by atoms with E-state index in [1.54, 1.807) is 24.2 Å². The number of likely N-dealkylation sites (tertiary alicyclic amines) is 1. The Labute approximate surface area is 142 Å². The highest BCUT2D eigenvalue weighted by atomic mass is 16.6.